The number of nitrogens with one attached hydrogen (secondary N) is 1. The van der Waals surface area contributed by atoms with Crippen LogP contribution in [0.25, 0.3) is 0 Å². The molecule has 1 atom stereocenters. The Labute approximate surface area is 163 Å². The lowest BCUT2D eigenvalue weighted by Crippen LogP contribution is -2.48. The molecule has 2 aromatic rings. The number of aryl methyl sites for hydroxylation is 1. The summed E-state index contributed by atoms with van der Waals surface area (Å²) < 4.78 is 54.8. The Balaban J connectivity index is 1.84. The Morgan fingerprint density at radius 2 is 1.97 bits per heavy atom. The molecule has 154 valence electrons. The molecule has 6 nitrogen and oxygen atoms in total. The first-order chi connectivity index (χ1) is 13.6. The number of carbonyl (C=O) groups is 2. The number of nitrogens with zero attached hydrogens (tertiary/aromatic N) is 2. The molecule has 2 heterocycles. The SMILES string of the molecule is Cc1cc(NC(=O)C(=O)N2CCC(F)(F)C[C@H]2c2ccc(F)c(F)c2)cnc1N. The van der Waals surface area contributed by atoms with Crippen LogP contribution in [0, 0.1) is 18.6 Å². The number of nitrogen functional groups attached to an aromatic ring is 1. The van der Waals surface area contributed by atoms with Crippen LogP contribution in [0.1, 0.15) is 30.0 Å². The number of hydrogen-bond acceptors (Lipinski definition) is 4. The maximum atomic E-state index is 14.0. The number of hydrogen-bond donors (Lipinski definition) is 2. The first-order valence-electron chi connectivity index (χ1n) is 8.74. The van der Waals surface area contributed by atoms with Crippen molar-refractivity contribution in [1.29, 1.82) is 0 Å². The Hall–Kier alpha value is -3.17. The van der Waals surface area contributed by atoms with Crippen LogP contribution < -0.4 is 11.1 Å². The number of halogens is 4. The second-order valence-corrected chi connectivity index (χ2v) is 6.88. The highest BCUT2D eigenvalue weighted by Gasteiger charge is 2.44. The van der Waals surface area contributed by atoms with Crippen molar-refractivity contribution in [2.24, 2.45) is 0 Å². The van der Waals surface area contributed by atoms with E-state index in [9.17, 15) is 27.2 Å². The van der Waals surface area contributed by atoms with Crippen LogP contribution in [0.5, 0.6) is 0 Å². The Bertz CT molecular complexity index is 967. The molecule has 1 fully saturated rings. The lowest BCUT2D eigenvalue weighted by Gasteiger charge is -2.39. The molecule has 0 bridgehead atoms. The number of piperidine rings is 1. The van der Waals surface area contributed by atoms with Crippen molar-refractivity contribution >= 4 is 23.3 Å². The van der Waals surface area contributed by atoms with E-state index in [4.69, 9.17) is 5.73 Å². The molecular formula is C19H18F4N4O2. The molecule has 1 aliphatic rings. The van der Waals surface area contributed by atoms with Crippen molar-refractivity contribution in [3.8, 4) is 0 Å². The van der Waals surface area contributed by atoms with E-state index in [0.29, 0.717) is 5.56 Å². The van der Waals surface area contributed by atoms with Gasteiger partial charge in [-0.2, -0.15) is 0 Å². The van der Waals surface area contributed by atoms with Gasteiger partial charge in [-0.3, -0.25) is 9.59 Å². The number of alkyl halides is 2. The fourth-order valence-corrected chi connectivity index (χ4v) is 3.16. The van der Waals surface area contributed by atoms with E-state index in [2.05, 4.69) is 10.3 Å². The molecule has 3 N–H and O–H groups in total. The van der Waals surface area contributed by atoms with Crippen molar-refractivity contribution < 1.29 is 27.2 Å². The predicted molar refractivity (Wildman–Crippen MR) is 97.0 cm³/mol. The molecule has 29 heavy (non-hydrogen) atoms. The van der Waals surface area contributed by atoms with Crippen molar-refractivity contribution in [2.75, 3.05) is 17.6 Å². The summed E-state index contributed by atoms with van der Waals surface area (Å²) in [5.74, 6) is -7.35. The Morgan fingerprint density at radius 3 is 2.62 bits per heavy atom. The molecule has 1 aromatic heterocycles. The Morgan fingerprint density at radius 1 is 1.24 bits per heavy atom. The zero-order valence-corrected chi connectivity index (χ0v) is 15.4. The van der Waals surface area contributed by atoms with Crippen LogP contribution in [-0.2, 0) is 9.59 Å². The van der Waals surface area contributed by atoms with Crippen LogP contribution in [0.4, 0.5) is 29.1 Å². The van der Waals surface area contributed by atoms with Gasteiger partial charge in [0.25, 0.3) is 5.92 Å². The largest absolute Gasteiger partial charge is 0.383 e. The highest BCUT2D eigenvalue weighted by atomic mass is 19.3. The monoisotopic (exact) mass is 410 g/mol. The van der Waals surface area contributed by atoms with Crippen LogP contribution >= 0.6 is 0 Å². The van der Waals surface area contributed by atoms with Crippen molar-refractivity contribution in [2.45, 2.75) is 31.7 Å². The van der Waals surface area contributed by atoms with Crippen molar-refractivity contribution in [3.05, 3.63) is 53.2 Å². The highest BCUT2D eigenvalue weighted by molar-refractivity contribution is 6.39. The maximum absolute atomic E-state index is 14.0. The first-order valence-corrected chi connectivity index (χ1v) is 8.74. The topological polar surface area (TPSA) is 88.3 Å². The molecule has 1 aromatic carbocycles. The van der Waals surface area contributed by atoms with E-state index in [1.807, 2.05) is 0 Å². The van der Waals surface area contributed by atoms with E-state index in [-0.39, 0.29) is 17.1 Å². The van der Waals surface area contributed by atoms with Crippen LogP contribution in [0.3, 0.4) is 0 Å². The molecule has 0 unspecified atom stereocenters. The van der Waals surface area contributed by atoms with Gasteiger partial charge in [0, 0.05) is 19.4 Å². The molecule has 1 aliphatic heterocycles. The number of nitrogens with two attached hydrogens (primary N) is 1. The zero-order valence-electron chi connectivity index (χ0n) is 15.4. The van der Waals surface area contributed by atoms with Crippen LogP contribution in [0.2, 0.25) is 0 Å². The third-order valence-electron chi connectivity index (χ3n) is 4.75. The molecule has 0 radical (unpaired) electrons. The van der Waals surface area contributed by atoms with Gasteiger partial charge in [-0.15, -0.1) is 0 Å². The van der Waals surface area contributed by atoms with Gasteiger partial charge in [0.15, 0.2) is 11.6 Å². The normalized spacial score (nSPS) is 18.4. The average molecular weight is 410 g/mol. The number of rotatable bonds is 2. The van der Waals surface area contributed by atoms with Gasteiger partial charge in [-0.05, 0) is 36.2 Å². The van der Waals surface area contributed by atoms with Crippen molar-refractivity contribution in [3.63, 3.8) is 0 Å². The van der Waals surface area contributed by atoms with Gasteiger partial charge >= 0.3 is 11.8 Å². The standard InChI is InChI=1S/C19H18F4N4O2/c1-10-6-12(9-25-16(10)24)26-17(28)18(29)27-5-4-19(22,23)8-15(27)11-2-3-13(20)14(21)7-11/h2-3,6-7,9,15H,4-5,8H2,1H3,(H2,24,25)(H,26,28)/t15-/m0/s1. The number of amides is 2. The van der Waals surface area contributed by atoms with E-state index in [1.165, 1.54) is 12.3 Å². The third kappa shape index (κ3) is 4.47. The quantitative estimate of drug-likeness (QED) is 0.588. The summed E-state index contributed by atoms with van der Waals surface area (Å²) in [5.41, 5.74) is 6.37. The molecule has 2 amide bonds. The minimum absolute atomic E-state index is 0.0191. The molecule has 0 saturated carbocycles. The number of pyridine rings is 1. The number of benzene rings is 1. The summed E-state index contributed by atoms with van der Waals surface area (Å²) in [6.07, 6.45) is -0.195. The molecule has 10 heteroatoms. The molecule has 0 aliphatic carbocycles. The second-order valence-electron chi connectivity index (χ2n) is 6.88. The summed E-state index contributed by atoms with van der Waals surface area (Å²) in [5, 5.41) is 2.35. The van der Waals surface area contributed by atoms with Gasteiger partial charge in [0.05, 0.1) is 17.9 Å². The van der Waals surface area contributed by atoms with Gasteiger partial charge in [-0.1, -0.05) is 6.07 Å². The minimum Gasteiger partial charge on any atom is -0.383 e. The first kappa shape index (κ1) is 20.6. The van der Waals surface area contributed by atoms with E-state index >= 15 is 0 Å². The fraction of sp³-hybridized carbons (Fsp3) is 0.316. The lowest BCUT2D eigenvalue weighted by molar-refractivity contribution is -0.151. The molecule has 3 rings (SSSR count). The summed E-state index contributed by atoms with van der Waals surface area (Å²) >= 11 is 0. The van der Waals surface area contributed by atoms with Gasteiger partial charge in [0.1, 0.15) is 5.82 Å². The predicted octanol–water partition coefficient (Wildman–Crippen LogP) is 3.19. The Kier molecular flexibility index (Phi) is 5.45. The van der Waals surface area contributed by atoms with Crippen molar-refractivity contribution in [1.82, 2.24) is 9.88 Å². The molecule has 0 spiro atoms. The van der Waals surface area contributed by atoms with Gasteiger partial charge in [0.2, 0.25) is 0 Å². The smallest absolute Gasteiger partial charge is 0.313 e. The summed E-state index contributed by atoms with van der Waals surface area (Å²) in [7, 11) is 0. The number of carbonyl (C=O) groups excluding carboxylic acids is 2. The van der Waals surface area contributed by atoms with Crippen LogP contribution in [-0.4, -0.2) is 34.2 Å². The number of aromatic nitrogens is 1. The zero-order chi connectivity index (χ0) is 21.3. The highest BCUT2D eigenvalue weighted by Crippen LogP contribution is 2.40. The maximum Gasteiger partial charge on any atom is 0.313 e. The van der Waals surface area contributed by atoms with Gasteiger partial charge in [-0.25, -0.2) is 22.5 Å². The van der Waals surface area contributed by atoms with E-state index in [1.54, 1.807) is 6.92 Å². The summed E-state index contributed by atoms with van der Waals surface area (Å²) in [6, 6.07) is 2.90. The number of likely N-dealkylation sites (tertiary alicyclic amines) is 1. The summed E-state index contributed by atoms with van der Waals surface area (Å²) in [4.78, 5) is 29.8. The second kappa shape index (κ2) is 7.69. The number of anilines is 2. The third-order valence-corrected chi connectivity index (χ3v) is 4.75. The summed E-state index contributed by atoms with van der Waals surface area (Å²) in [6.45, 7) is 1.24. The molecular weight excluding hydrogens is 392 g/mol. The van der Waals surface area contributed by atoms with Crippen LogP contribution in [0.15, 0.2) is 30.5 Å². The van der Waals surface area contributed by atoms with Gasteiger partial charge < -0.3 is 16.0 Å². The average Bonchev–Trinajstić information content (AvgIpc) is 2.65. The van der Waals surface area contributed by atoms with E-state index < -0.39 is 54.8 Å². The minimum atomic E-state index is -3.11. The fourth-order valence-electron chi connectivity index (χ4n) is 3.16. The van der Waals surface area contributed by atoms with E-state index in [0.717, 1.165) is 23.1 Å². The molecule has 1 saturated heterocycles. The lowest BCUT2D eigenvalue weighted by atomic mass is 9.92.